The zero-order valence-electron chi connectivity index (χ0n) is 19.3. The highest BCUT2D eigenvalue weighted by Crippen LogP contribution is 2.42. The predicted molar refractivity (Wildman–Crippen MR) is 117 cm³/mol. The maximum absolute atomic E-state index is 12.7. The number of urea groups is 1. The van der Waals surface area contributed by atoms with Gasteiger partial charge < -0.3 is 19.5 Å². The van der Waals surface area contributed by atoms with Gasteiger partial charge >= 0.3 is 6.03 Å². The third kappa shape index (κ3) is 5.12. The lowest BCUT2D eigenvalue weighted by molar-refractivity contribution is -0.135. The van der Waals surface area contributed by atoms with Gasteiger partial charge in [-0.2, -0.15) is 0 Å². The van der Waals surface area contributed by atoms with Crippen LogP contribution in [0, 0.1) is 5.92 Å². The topological polar surface area (TPSA) is 135 Å². The largest absolute Gasteiger partial charge is 0.490 e. The summed E-state index contributed by atoms with van der Waals surface area (Å²) >= 11 is 0. The highest BCUT2D eigenvalue weighted by molar-refractivity contribution is 6.09. The van der Waals surface area contributed by atoms with Crippen molar-refractivity contribution in [2.45, 2.75) is 46.1 Å². The molecule has 0 bridgehead atoms. The van der Waals surface area contributed by atoms with Crippen LogP contribution >= 0.6 is 0 Å². The van der Waals surface area contributed by atoms with Crippen molar-refractivity contribution in [1.29, 1.82) is 0 Å². The smallest absolute Gasteiger partial charge is 0.325 e. The van der Waals surface area contributed by atoms with Crippen LogP contribution in [-0.4, -0.2) is 60.6 Å². The first kappa shape index (κ1) is 24.1. The Morgan fingerprint density at radius 2 is 1.61 bits per heavy atom. The van der Waals surface area contributed by atoms with Crippen molar-refractivity contribution in [3.05, 3.63) is 17.7 Å². The minimum absolute atomic E-state index is 0.0837. The van der Waals surface area contributed by atoms with E-state index in [4.69, 9.17) is 14.2 Å². The molecular formula is C22H30N4O7. The standard InChI is InChI=1S/C22H30N4O7/c1-5-31-15-10-13(11-16(32-6-2)18(15)33-7-3)19(28)25-24-17(27)12-26-20(29)22(4,14-8-9-14)23-21(26)30/h10-11,14H,5-9,12H2,1-4H3,(H,23,30)(H,24,27)(H,25,28)/t22-/m0/s1. The van der Waals surface area contributed by atoms with E-state index >= 15 is 0 Å². The lowest BCUT2D eigenvalue weighted by atomic mass is 9.96. The molecule has 33 heavy (non-hydrogen) atoms. The highest BCUT2D eigenvalue weighted by Gasteiger charge is 2.56. The molecule has 11 heteroatoms. The van der Waals surface area contributed by atoms with Crippen LogP contribution in [0.3, 0.4) is 0 Å². The lowest BCUT2D eigenvalue weighted by Gasteiger charge is -2.20. The number of hydrazine groups is 1. The van der Waals surface area contributed by atoms with Crippen LogP contribution in [0.2, 0.25) is 0 Å². The molecule has 1 saturated carbocycles. The molecule has 0 aromatic heterocycles. The van der Waals surface area contributed by atoms with Gasteiger partial charge in [0.2, 0.25) is 5.75 Å². The van der Waals surface area contributed by atoms with E-state index < -0.39 is 35.8 Å². The van der Waals surface area contributed by atoms with Gasteiger partial charge in [-0.1, -0.05) is 0 Å². The SMILES string of the molecule is CCOc1cc(C(=O)NNC(=O)CN2C(=O)N[C@@](C)(C3CC3)C2=O)cc(OCC)c1OCC. The van der Waals surface area contributed by atoms with Gasteiger partial charge in [0, 0.05) is 5.56 Å². The van der Waals surface area contributed by atoms with E-state index in [-0.39, 0.29) is 11.5 Å². The van der Waals surface area contributed by atoms with Crippen LogP contribution in [0.5, 0.6) is 17.2 Å². The van der Waals surface area contributed by atoms with E-state index in [2.05, 4.69) is 16.2 Å². The number of benzene rings is 1. The minimum atomic E-state index is -0.978. The van der Waals surface area contributed by atoms with Crippen LogP contribution in [0.4, 0.5) is 4.79 Å². The summed E-state index contributed by atoms with van der Waals surface area (Å²) in [6.45, 7) is 7.65. The van der Waals surface area contributed by atoms with Crippen LogP contribution < -0.4 is 30.4 Å². The molecule has 180 valence electrons. The minimum Gasteiger partial charge on any atom is -0.490 e. The van der Waals surface area contributed by atoms with Gasteiger partial charge in [-0.05, 0) is 58.6 Å². The van der Waals surface area contributed by atoms with Crippen LogP contribution in [0.15, 0.2) is 12.1 Å². The van der Waals surface area contributed by atoms with Gasteiger partial charge in [-0.15, -0.1) is 0 Å². The molecule has 1 heterocycles. The Labute approximate surface area is 192 Å². The molecule has 0 spiro atoms. The summed E-state index contributed by atoms with van der Waals surface area (Å²) in [6.07, 6.45) is 1.71. The molecule has 1 aromatic rings. The molecule has 1 aromatic carbocycles. The third-order valence-corrected chi connectivity index (χ3v) is 5.48. The van der Waals surface area contributed by atoms with Crippen molar-refractivity contribution in [3.8, 4) is 17.2 Å². The van der Waals surface area contributed by atoms with Crippen molar-refractivity contribution in [2.75, 3.05) is 26.4 Å². The molecule has 0 unspecified atom stereocenters. The van der Waals surface area contributed by atoms with Gasteiger partial charge in [0.05, 0.1) is 19.8 Å². The van der Waals surface area contributed by atoms with Gasteiger partial charge in [0.15, 0.2) is 11.5 Å². The number of hydrogen-bond donors (Lipinski definition) is 3. The maximum Gasteiger partial charge on any atom is 0.325 e. The van der Waals surface area contributed by atoms with Crippen molar-refractivity contribution in [3.63, 3.8) is 0 Å². The zero-order valence-corrected chi connectivity index (χ0v) is 19.3. The second-order valence-corrected chi connectivity index (χ2v) is 7.90. The molecular weight excluding hydrogens is 432 g/mol. The molecule has 3 rings (SSSR count). The summed E-state index contributed by atoms with van der Waals surface area (Å²) in [5.41, 5.74) is 3.72. The predicted octanol–water partition coefficient (Wildman–Crippen LogP) is 1.36. The molecule has 1 aliphatic carbocycles. The van der Waals surface area contributed by atoms with E-state index in [1.165, 1.54) is 12.1 Å². The van der Waals surface area contributed by atoms with Crippen molar-refractivity contribution >= 4 is 23.8 Å². The summed E-state index contributed by atoms with van der Waals surface area (Å²) in [6, 6.07) is 2.35. The van der Waals surface area contributed by atoms with Crippen LogP contribution in [0.25, 0.3) is 0 Å². The number of hydrogen-bond acceptors (Lipinski definition) is 7. The maximum atomic E-state index is 12.7. The first-order valence-corrected chi connectivity index (χ1v) is 11.0. The monoisotopic (exact) mass is 462 g/mol. The van der Waals surface area contributed by atoms with E-state index in [1.807, 2.05) is 6.92 Å². The van der Waals surface area contributed by atoms with Crippen molar-refractivity contribution in [1.82, 2.24) is 21.1 Å². The van der Waals surface area contributed by atoms with Gasteiger partial charge in [-0.25, -0.2) is 4.79 Å². The van der Waals surface area contributed by atoms with E-state index in [1.54, 1.807) is 20.8 Å². The number of amides is 5. The Kier molecular flexibility index (Phi) is 7.29. The Hall–Kier alpha value is -3.50. The molecule has 1 atom stereocenters. The number of imide groups is 1. The quantitative estimate of drug-likeness (QED) is 0.353. The Balaban J connectivity index is 1.65. The van der Waals surface area contributed by atoms with Crippen molar-refractivity contribution < 1.29 is 33.4 Å². The fourth-order valence-corrected chi connectivity index (χ4v) is 3.70. The normalized spacial score (nSPS) is 19.7. The number of rotatable bonds is 10. The molecule has 0 radical (unpaired) electrons. The van der Waals surface area contributed by atoms with Gasteiger partial charge in [0.1, 0.15) is 12.1 Å². The van der Waals surface area contributed by atoms with Gasteiger partial charge in [0.25, 0.3) is 17.7 Å². The fourth-order valence-electron chi connectivity index (χ4n) is 3.70. The zero-order chi connectivity index (χ0) is 24.2. The van der Waals surface area contributed by atoms with E-state index in [9.17, 15) is 19.2 Å². The lowest BCUT2D eigenvalue weighted by Crippen LogP contribution is -2.49. The summed E-state index contributed by atoms with van der Waals surface area (Å²) in [5, 5.41) is 2.67. The second-order valence-electron chi connectivity index (χ2n) is 7.90. The molecule has 1 aliphatic heterocycles. The molecule has 11 nitrogen and oxygen atoms in total. The fraction of sp³-hybridized carbons (Fsp3) is 0.545. The molecule has 2 fully saturated rings. The number of carbonyl (C=O) groups excluding carboxylic acids is 4. The van der Waals surface area contributed by atoms with E-state index in [0.717, 1.165) is 17.7 Å². The summed E-state index contributed by atoms with van der Waals surface area (Å²) in [5.74, 6) is -0.646. The summed E-state index contributed by atoms with van der Waals surface area (Å²) < 4.78 is 16.8. The first-order valence-electron chi connectivity index (χ1n) is 11.0. The van der Waals surface area contributed by atoms with Crippen LogP contribution in [-0.2, 0) is 9.59 Å². The number of nitrogens with one attached hydrogen (secondary N) is 3. The Bertz CT molecular complexity index is 920. The molecule has 5 amide bonds. The van der Waals surface area contributed by atoms with Gasteiger partial charge in [-0.3, -0.25) is 30.1 Å². The highest BCUT2D eigenvalue weighted by atomic mass is 16.5. The first-order chi connectivity index (χ1) is 15.7. The number of ether oxygens (including phenoxy) is 3. The molecule has 1 saturated heterocycles. The molecule has 2 aliphatic rings. The number of carbonyl (C=O) groups is 4. The van der Waals surface area contributed by atoms with Crippen molar-refractivity contribution in [2.24, 2.45) is 5.92 Å². The number of nitrogens with zero attached hydrogens (tertiary/aromatic N) is 1. The second kappa shape index (κ2) is 9.97. The Morgan fingerprint density at radius 1 is 1.03 bits per heavy atom. The Morgan fingerprint density at radius 3 is 2.12 bits per heavy atom. The average Bonchev–Trinajstić information content (AvgIpc) is 3.60. The van der Waals surface area contributed by atoms with E-state index in [0.29, 0.717) is 37.1 Å². The third-order valence-electron chi connectivity index (χ3n) is 5.48. The molecule has 3 N–H and O–H groups in total. The van der Waals surface area contributed by atoms with Crippen LogP contribution in [0.1, 0.15) is 50.9 Å². The summed E-state index contributed by atoms with van der Waals surface area (Å²) in [7, 11) is 0. The average molecular weight is 463 g/mol. The summed E-state index contributed by atoms with van der Waals surface area (Å²) in [4.78, 5) is 50.7.